The molecule has 1 aliphatic heterocycles. The number of morpholine rings is 1. The maximum Gasteiger partial charge on any atom is 0.251 e. The molecule has 1 aliphatic rings. The van der Waals surface area contributed by atoms with Gasteiger partial charge in [-0.25, -0.2) is 8.42 Å². The van der Waals surface area contributed by atoms with E-state index < -0.39 is 10.0 Å². The Bertz CT molecular complexity index is 969. The highest BCUT2D eigenvalue weighted by Crippen LogP contribution is 2.21. The number of methoxy groups -OCH3 is 1. The number of ether oxygens (including phenoxy) is 3. The first kappa shape index (κ1) is 22.1. The summed E-state index contributed by atoms with van der Waals surface area (Å²) in [5, 5.41) is 2.77. The maximum atomic E-state index is 12.8. The number of hydrogen-bond acceptors (Lipinski definition) is 6. The number of nitrogens with zero attached hydrogens (tertiary/aromatic N) is 1. The smallest absolute Gasteiger partial charge is 0.251 e. The minimum Gasteiger partial charge on any atom is -0.497 e. The molecule has 3 rings (SSSR count). The second-order valence-electron chi connectivity index (χ2n) is 6.77. The van der Waals surface area contributed by atoms with Crippen molar-refractivity contribution in [1.82, 2.24) is 9.62 Å². The summed E-state index contributed by atoms with van der Waals surface area (Å²) >= 11 is 0. The molecule has 0 bridgehead atoms. The molecule has 1 fully saturated rings. The third kappa shape index (κ3) is 5.29. The summed E-state index contributed by atoms with van der Waals surface area (Å²) in [6.45, 7) is 3.68. The molecule has 0 spiro atoms. The molecular formula is C21H26N2O6S. The molecule has 0 atom stereocenters. The second-order valence-corrected chi connectivity index (χ2v) is 8.71. The van der Waals surface area contributed by atoms with Crippen molar-refractivity contribution in [2.75, 3.05) is 46.6 Å². The Hall–Kier alpha value is -2.62. The molecule has 1 heterocycles. The highest BCUT2D eigenvalue weighted by Gasteiger charge is 2.27. The van der Waals surface area contributed by atoms with Crippen LogP contribution in [-0.2, 0) is 14.8 Å². The lowest BCUT2D eigenvalue weighted by atomic mass is 10.1. The van der Waals surface area contributed by atoms with Gasteiger partial charge in [-0.15, -0.1) is 0 Å². The number of benzene rings is 2. The molecule has 0 aliphatic carbocycles. The van der Waals surface area contributed by atoms with Crippen molar-refractivity contribution in [3.63, 3.8) is 0 Å². The van der Waals surface area contributed by atoms with E-state index >= 15 is 0 Å². The van der Waals surface area contributed by atoms with Gasteiger partial charge >= 0.3 is 0 Å². The third-order valence-electron chi connectivity index (χ3n) is 4.78. The zero-order chi connectivity index (χ0) is 21.6. The van der Waals surface area contributed by atoms with Crippen LogP contribution >= 0.6 is 0 Å². The topological polar surface area (TPSA) is 94.2 Å². The lowest BCUT2D eigenvalue weighted by molar-refractivity contribution is 0.0730. The summed E-state index contributed by atoms with van der Waals surface area (Å²) in [4.78, 5) is 12.7. The van der Waals surface area contributed by atoms with Crippen molar-refractivity contribution in [1.29, 1.82) is 0 Å². The predicted octanol–water partition coefficient (Wildman–Crippen LogP) is 1.83. The number of hydrogen-bond donors (Lipinski definition) is 1. The summed E-state index contributed by atoms with van der Waals surface area (Å²) in [6, 6.07) is 11.8. The van der Waals surface area contributed by atoms with Crippen LogP contribution in [0, 0.1) is 6.92 Å². The first-order valence-electron chi connectivity index (χ1n) is 9.65. The van der Waals surface area contributed by atoms with Crippen molar-refractivity contribution < 1.29 is 27.4 Å². The summed E-state index contributed by atoms with van der Waals surface area (Å²) in [5.74, 6) is 1.06. The number of carbonyl (C=O) groups is 1. The van der Waals surface area contributed by atoms with Crippen LogP contribution in [0.25, 0.3) is 0 Å². The van der Waals surface area contributed by atoms with E-state index in [-0.39, 0.29) is 24.0 Å². The lowest BCUT2D eigenvalue weighted by Gasteiger charge is -2.26. The summed E-state index contributed by atoms with van der Waals surface area (Å²) in [5.41, 5.74) is 1.03. The number of carbonyl (C=O) groups excluding carboxylic acids is 1. The van der Waals surface area contributed by atoms with Crippen molar-refractivity contribution in [2.45, 2.75) is 11.8 Å². The SMILES string of the molecule is COc1ccc(OCCNC(=O)c2cc(S(=O)(=O)N3CCOCC3)ccc2C)cc1. The van der Waals surface area contributed by atoms with E-state index in [1.54, 1.807) is 44.4 Å². The quantitative estimate of drug-likeness (QED) is 0.637. The second kappa shape index (κ2) is 9.92. The van der Waals surface area contributed by atoms with Gasteiger partial charge in [-0.05, 0) is 48.9 Å². The zero-order valence-corrected chi connectivity index (χ0v) is 17.9. The van der Waals surface area contributed by atoms with Gasteiger partial charge in [-0.3, -0.25) is 4.79 Å². The molecular weight excluding hydrogens is 408 g/mol. The molecule has 1 N–H and O–H groups in total. The lowest BCUT2D eigenvalue weighted by Crippen LogP contribution is -2.40. The van der Waals surface area contributed by atoms with E-state index in [2.05, 4.69) is 5.32 Å². The molecule has 9 heteroatoms. The fraction of sp³-hybridized carbons (Fsp3) is 0.381. The first-order chi connectivity index (χ1) is 14.4. The monoisotopic (exact) mass is 434 g/mol. The molecule has 2 aromatic rings. The predicted molar refractivity (Wildman–Crippen MR) is 112 cm³/mol. The Morgan fingerprint density at radius 3 is 2.43 bits per heavy atom. The van der Waals surface area contributed by atoms with Gasteiger partial charge in [-0.2, -0.15) is 4.31 Å². The van der Waals surface area contributed by atoms with E-state index in [0.717, 1.165) is 5.75 Å². The minimum atomic E-state index is -3.66. The molecule has 162 valence electrons. The van der Waals surface area contributed by atoms with Crippen molar-refractivity contribution in [2.24, 2.45) is 0 Å². The maximum absolute atomic E-state index is 12.8. The van der Waals surface area contributed by atoms with Crippen LogP contribution in [0.5, 0.6) is 11.5 Å². The average Bonchev–Trinajstić information content (AvgIpc) is 2.77. The van der Waals surface area contributed by atoms with E-state index in [0.29, 0.717) is 43.2 Å². The van der Waals surface area contributed by atoms with E-state index in [9.17, 15) is 13.2 Å². The van der Waals surface area contributed by atoms with E-state index in [1.165, 1.54) is 16.4 Å². The number of nitrogens with one attached hydrogen (secondary N) is 1. The van der Waals surface area contributed by atoms with Gasteiger partial charge in [0.1, 0.15) is 18.1 Å². The average molecular weight is 435 g/mol. The normalized spacial score (nSPS) is 14.9. The number of rotatable bonds is 8. The molecule has 0 radical (unpaired) electrons. The summed E-state index contributed by atoms with van der Waals surface area (Å²) in [6.07, 6.45) is 0. The highest BCUT2D eigenvalue weighted by atomic mass is 32.2. The van der Waals surface area contributed by atoms with Crippen molar-refractivity contribution in [3.05, 3.63) is 53.6 Å². The standard InChI is InChI=1S/C21H26N2O6S/c1-16-3-8-19(30(25,26)23-10-13-28-14-11-23)15-20(16)21(24)22-9-12-29-18-6-4-17(27-2)5-7-18/h3-8,15H,9-14H2,1-2H3,(H,22,24). The van der Waals surface area contributed by atoms with Crippen LogP contribution in [0.3, 0.4) is 0 Å². The van der Waals surface area contributed by atoms with Crippen LogP contribution in [0.2, 0.25) is 0 Å². The molecule has 8 nitrogen and oxygen atoms in total. The van der Waals surface area contributed by atoms with Crippen molar-refractivity contribution >= 4 is 15.9 Å². The Morgan fingerprint density at radius 2 is 1.77 bits per heavy atom. The Kier molecular flexibility index (Phi) is 7.30. The molecule has 1 amide bonds. The molecule has 2 aromatic carbocycles. The Labute approximate surface area is 176 Å². The third-order valence-corrected chi connectivity index (χ3v) is 6.67. The highest BCUT2D eigenvalue weighted by molar-refractivity contribution is 7.89. The first-order valence-corrected chi connectivity index (χ1v) is 11.1. The van der Waals surface area contributed by atoms with Crippen LogP contribution in [-0.4, -0.2) is 65.2 Å². The number of sulfonamides is 1. The van der Waals surface area contributed by atoms with Crippen LogP contribution in [0.4, 0.5) is 0 Å². The van der Waals surface area contributed by atoms with Gasteiger partial charge in [0.25, 0.3) is 5.91 Å². The number of amides is 1. The van der Waals surface area contributed by atoms with Gasteiger partial charge in [0.05, 0.1) is 31.8 Å². The van der Waals surface area contributed by atoms with Crippen molar-refractivity contribution in [3.8, 4) is 11.5 Å². The van der Waals surface area contributed by atoms with E-state index in [1.807, 2.05) is 0 Å². The van der Waals surface area contributed by atoms with Crippen LogP contribution in [0.15, 0.2) is 47.4 Å². The molecule has 1 saturated heterocycles. The molecule has 0 unspecified atom stereocenters. The van der Waals surface area contributed by atoms with Gasteiger partial charge in [0, 0.05) is 18.7 Å². The molecule has 0 saturated carbocycles. The molecule has 0 aromatic heterocycles. The number of aryl methyl sites for hydroxylation is 1. The fourth-order valence-electron chi connectivity index (χ4n) is 3.04. The van der Waals surface area contributed by atoms with Crippen LogP contribution < -0.4 is 14.8 Å². The fourth-order valence-corrected chi connectivity index (χ4v) is 4.48. The Balaban J connectivity index is 1.60. The molecule has 30 heavy (non-hydrogen) atoms. The van der Waals surface area contributed by atoms with Gasteiger partial charge in [0.2, 0.25) is 10.0 Å². The largest absolute Gasteiger partial charge is 0.497 e. The minimum absolute atomic E-state index is 0.106. The van der Waals surface area contributed by atoms with Gasteiger partial charge in [-0.1, -0.05) is 6.07 Å². The zero-order valence-electron chi connectivity index (χ0n) is 17.1. The summed E-state index contributed by atoms with van der Waals surface area (Å²) in [7, 11) is -2.07. The Morgan fingerprint density at radius 1 is 1.10 bits per heavy atom. The van der Waals surface area contributed by atoms with Crippen LogP contribution in [0.1, 0.15) is 15.9 Å². The van der Waals surface area contributed by atoms with Gasteiger partial charge < -0.3 is 19.5 Å². The van der Waals surface area contributed by atoms with Gasteiger partial charge in [0.15, 0.2) is 0 Å². The summed E-state index contributed by atoms with van der Waals surface area (Å²) < 4.78 is 43.0. The van der Waals surface area contributed by atoms with E-state index in [4.69, 9.17) is 14.2 Å².